The molecule has 1 saturated carbocycles. The Morgan fingerprint density at radius 1 is 0.982 bits per heavy atom. The molecule has 2 aliphatic heterocycles. The summed E-state index contributed by atoms with van der Waals surface area (Å²) >= 11 is 0. The molecule has 2 fully saturated rings. The standard InChI is InChI=1S/C46H72N2O9/c1-4-6-7-8-9-10-11-12-13-19-30-54-45(52)48(3)41-33-39(47-57-42-23-16-20-29-53-42)37-31-34(21-14-17-26-49)36(22-15-18-27-50)43-38-32-35(51)24-25-40(38)56-46(41,44(37)43)55-28-5-2/h5,24-25,31-32,34,36,41-44,49-51H,2,4,6-23,26-30,33H2,1,3H3. The van der Waals surface area contributed by atoms with Crippen LogP contribution >= 0.6 is 0 Å². The number of allylic oxidation sites excluding steroid dienone is 1. The van der Waals surface area contributed by atoms with Crippen LogP contribution in [0.3, 0.4) is 0 Å². The number of amides is 1. The number of ether oxygens (including phenoxy) is 4. The van der Waals surface area contributed by atoms with Gasteiger partial charge in [-0.2, -0.15) is 0 Å². The van der Waals surface area contributed by atoms with Crippen molar-refractivity contribution in [2.75, 3.05) is 40.1 Å². The number of fused-ring (bicyclic) bond motifs is 2. The molecule has 1 saturated heterocycles. The van der Waals surface area contributed by atoms with Gasteiger partial charge in [-0.15, -0.1) is 6.58 Å². The van der Waals surface area contributed by atoms with E-state index in [2.05, 4.69) is 19.6 Å². The van der Waals surface area contributed by atoms with Crippen LogP contribution in [0, 0.1) is 17.8 Å². The number of hydrogen-bond acceptors (Lipinski definition) is 10. The van der Waals surface area contributed by atoms with E-state index in [0.29, 0.717) is 37.5 Å². The summed E-state index contributed by atoms with van der Waals surface area (Å²) in [6.45, 7) is 7.59. The maximum Gasteiger partial charge on any atom is 0.409 e. The van der Waals surface area contributed by atoms with Crippen LogP contribution in [0.5, 0.6) is 11.5 Å². The zero-order valence-corrected chi connectivity index (χ0v) is 34.9. The van der Waals surface area contributed by atoms with E-state index in [1.165, 1.54) is 44.9 Å². The lowest BCUT2D eigenvalue weighted by Crippen LogP contribution is -2.69. The molecule has 11 heteroatoms. The first-order valence-electron chi connectivity index (χ1n) is 22.3. The summed E-state index contributed by atoms with van der Waals surface area (Å²) in [4.78, 5) is 21.9. The molecule has 320 valence electrons. The predicted octanol–water partition coefficient (Wildman–Crippen LogP) is 9.54. The second kappa shape index (κ2) is 23.5. The average molecular weight is 797 g/mol. The molecular formula is C46H72N2O9. The van der Waals surface area contributed by atoms with E-state index in [4.69, 9.17) is 28.9 Å². The minimum Gasteiger partial charge on any atom is -0.508 e. The van der Waals surface area contributed by atoms with Crippen molar-refractivity contribution >= 4 is 11.8 Å². The van der Waals surface area contributed by atoms with Crippen LogP contribution in [0.2, 0.25) is 0 Å². The van der Waals surface area contributed by atoms with Crippen LogP contribution in [-0.2, 0) is 19.0 Å². The van der Waals surface area contributed by atoms with E-state index < -0.39 is 30.1 Å². The summed E-state index contributed by atoms with van der Waals surface area (Å²) in [5.41, 5.74) is 2.54. The number of unbranched alkanes of at least 4 members (excludes halogenated alkanes) is 11. The minimum absolute atomic E-state index is 0.0799. The monoisotopic (exact) mass is 797 g/mol. The Hall–Kier alpha value is -3.12. The Morgan fingerprint density at radius 2 is 1.70 bits per heavy atom. The molecular weight excluding hydrogens is 725 g/mol. The summed E-state index contributed by atoms with van der Waals surface area (Å²) in [5, 5.41) is 35.3. The van der Waals surface area contributed by atoms with Crippen molar-refractivity contribution in [3.63, 3.8) is 0 Å². The van der Waals surface area contributed by atoms with Gasteiger partial charge in [0.2, 0.25) is 12.1 Å². The highest BCUT2D eigenvalue weighted by Crippen LogP contribution is 2.61. The molecule has 3 N–H and O–H groups in total. The third kappa shape index (κ3) is 11.8. The van der Waals surface area contributed by atoms with E-state index >= 15 is 0 Å². The van der Waals surface area contributed by atoms with Crippen molar-refractivity contribution in [2.45, 2.75) is 159 Å². The Balaban J connectivity index is 1.48. The molecule has 2 aliphatic carbocycles. The molecule has 11 nitrogen and oxygen atoms in total. The molecule has 57 heavy (non-hydrogen) atoms. The zero-order valence-electron chi connectivity index (χ0n) is 34.9. The highest BCUT2D eigenvalue weighted by atomic mass is 16.8. The summed E-state index contributed by atoms with van der Waals surface area (Å²) in [7, 11) is 1.76. The van der Waals surface area contributed by atoms with Crippen molar-refractivity contribution in [2.24, 2.45) is 22.9 Å². The number of carbonyl (C=O) groups excluding carboxylic acids is 1. The summed E-state index contributed by atoms with van der Waals surface area (Å²) in [6.07, 6.45) is 22.8. The third-order valence-corrected chi connectivity index (χ3v) is 12.6. The fourth-order valence-corrected chi connectivity index (χ4v) is 9.63. The largest absolute Gasteiger partial charge is 0.508 e. The predicted molar refractivity (Wildman–Crippen MR) is 222 cm³/mol. The van der Waals surface area contributed by atoms with Gasteiger partial charge >= 0.3 is 6.09 Å². The van der Waals surface area contributed by atoms with E-state index in [1.807, 2.05) is 0 Å². The minimum atomic E-state index is -1.36. The number of benzene rings is 1. The lowest BCUT2D eigenvalue weighted by Gasteiger charge is -2.59. The topological polar surface area (TPSA) is 140 Å². The van der Waals surface area contributed by atoms with Gasteiger partial charge in [0.15, 0.2) is 0 Å². The molecule has 1 aromatic carbocycles. The van der Waals surface area contributed by atoms with Gasteiger partial charge in [-0.1, -0.05) is 94.9 Å². The van der Waals surface area contributed by atoms with Gasteiger partial charge in [0, 0.05) is 44.6 Å². The number of rotatable bonds is 25. The third-order valence-electron chi connectivity index (χ3n) is 12.6. The normalized spacial score (nSPS) is 27.2. The van der Waals surface area contributed by atoms with E-state index in [0.717, 1.165) is 75.3 Å². The van der Waals surface area contributed by atoms with E-state index in [1.54, 1.807) is 36.2 Å². The quantitative estimate of drug-likeness (QED) is 0.0502. The number of phenolic OH excluding ortho intramolecular Hbond substituents is 1. The molecule has 7 unspecified atom stereocenters. The Kier molecular flexibility index (Phi) is 18.5. The second-order valence-electron chi connectivity index (χ2n) is 16.6. The molecule has 0 radical (unpaired) electrons. The zero-order chi connectivity index (χ0) is 40.5. The van der Waals surface area contributed by atoms with Crippen LogP contribution in [0.25, 0.3) is 0 Å². The maximum atomic E-state index is 14.1. The lowest BCUT2D eigenvalue weighted by atomic mass is 9.55. The first kappa shape index (κ1) is 45.0. The van der Waals surface area contributed by atoms with Crippen LogP contribution in [0.15, 0.2) is 47.7 Å². The van der Waals surface area contributed by atoms with Crippen molar-refractivity contribution in [3.8, 4) is 11.5 Å². The number of aliphatic hydroxyl groups is 2. The molecule has 7 atom stereocenters. The van der Waals surface area contributed by atoms with Gasteiger partial charge in [-0.3, -0.25) is 0 Å². The number of aromatic hydroxyl groups is 1. The van der Waals surface area contributed by atoms with Gasteiger partial charge in [-0.25, -0.2) is 4.79 Å². The molecule has 4 aliphatic rings. The number of carbonyl (C=O) groups is 1. The SMILES string of the molecule is C=CCOC12Oc3ccc(O)cc3C3C(CCCCO)C(CCCCO)C=C(C(=NOC4CCCCO4)CC1N(C)C(=O)OCCCCCCCCCCCC)C32. The molecule has 2 heterocycles. The first-order valence-corrected chi connectivity index (χ1v) is 22.3. The van der Waals surface area contributed by atoms with Gasteiger partial charge in [0.05, 0.1) is 31.5 Å². The van der Waals surface area contributed by atoms with Crippen molar-refractivity contribution in [3.05, 3.63) is 48.1 Å². The highest BCUT2D eigenvalue weighted by molar-refractivity contribution is 6.02. The lowest BCUT2D eigenvalue weighted by molar-refractivity contribution is -0.254. The molecule has 0 aromatic heterocycles. The molecule has 5 rings (SSSR count). The first-order chi connectivity index (χ1) is 27.9. The smallest absolute Gasteiger partial charge is 0.409 e. The number of phenols is 1. The fraction of sp³-hybridized carbons (Fsp3) is 0.739. The van der Waals surface area contributed by atoms with E-state index in [9.17, 15) is 20.1 Å². The summed E-state index contributed by atoms with van der Waals surface area (Å²) < 4.78 is 25.9. The van der Waals surface area contributed by atoms with Gasteiger partial charge in [-0.05, 0) is 80.6 Å². The van der Waals surface area contributed by atoms with Crippen molar-refractivity contribution in [1.82, 2.24) is 4.90 Å². The van der Waals surface area contributed by atoms with Gasteiger partial charge < -0.3 is 44.0 Å². The Bertz CT molecular complexity index is 1440. The van der Waals surface area contributed by atoms with Crippen molar-refractivity contribution < 1.29 is 43.9 Å². The van der Waals surface area contributed by atoms with Crippen LogP contribution in [0.1, 0.15) is 147 Å². The maximum absolute atomic E-state index is 14.1. The number of oxime groups is 1. The van der Waals surface area contributed by atoms with Gasteiger partial charge in [0.1, 0.15) is 17.5 Å². The summed E-state index contributed by atoms with van der Waals surface area (Å²) in [6, 6.07) is 4.58. The van der Waals surface area contributed by atoms with Crippen LogP contribution < -0.4 is 4.74 Å². The number of hydrogen-bond donors (Lipinski definition) is 3. The number of aliphatic hydroxyl groups excluding tert-OH is 2. The van der Waals surface area contributed by atoms with Crippen LogP contribution in [-0.4, -0.2) is 90.2 Å². The summed E-state index contributed by atoms with van der Waals surface area (Å²) in [5.74, 6) is -1.06. The van der Waals surface area contributed by atoms with Crippen LogP contribution in [0.4, 0.5) is 4.79 Å². The Labute approximate surface area is 341 Å². The average Bonchev–Trinajstić information content (AvgIpc) is 3.22. The number of likely N-dealkylation sites (N-methyl/N-ethyl adjacent to an activating group) is 1. The van der Waals surface area contributed by atoms with Gasteiger partial charge in [0.25, 0.3) is 0 Å². The van der Waals surface area contributed by atoms with Crippen molar-refractivity contribution in [1.29, 1.82) is 0 Å². The molecule has 0 bridgehead atoms. The molecule has 0 spiro atoms. The fourth-order valence-electron chi connectivity index (χ4n) is 9.63. The second-order valence-corrected chi connectivity index (χ2v) is 16.6. The highest BCUT2D eigenvalue weighted by Gasteiger charge is 2.65. The molecule has 1 amide bonds. The Morgan fingerprint density at radius 3 is 2.39 bits per heavy atom. The number of nitrogens with zero attached hydrogens (tertiary/aromatic N) is 2. The van der Waals surface area contributed by atoms with E-state index in [-0.39, 0.29) is 49.7 Å². The molecule has 1 aromatic rings.